The third kappa shape index (κ3) is 4.32. The third-order valence-electron chi connectivity index (χ3n) is 4.19. The number of aryl methyl sites for hydroxylation is 1. The van der Waals surface area contributed by atoms with E-state index in [0.29, 0.717) is 5.82 Å². The van der Waals surface area contributed by atoms with Crippen molar-refractivity contribution in [3.8, 4) is 0 Å². The van der Waals surface area contributed by atoms with E-state index >= 15 is 0 Å². The minimum absolute atomic E-state index is 0.00886. The number of nitrogens with zero attached hydrogens (tertiary/aromatic N) is 2. The van der Waals surface area contributed by atoms with E-state index in [1.807, 2.05) is 13.8 Å². The van der Waals surface area contributed by atoms with Gasteiger partial charge in [0.25, 0.3) is 0 Å². The van der Waals surface area contributed by atoms with Gasteiger partial charge in [-0.05, 0) is 18.8 Å². The Kier molecular flexibility index (Phi) is 5.57. The molecule has 2 amide bonds. The number of rotatable bonds is 5. The lowest BCUT2D eigenvalue weighted by atomic mass is 9.88. The van der Waals surface area contributed by atoms with Crippen molar-refractivity contribution in [2.45, 2.75) is 52.0 Å². The summed E-state index contributed by atoms with van der Waals surface area (Å²) in [5.74, 6) is 0.381. The highest BCUT2D eigenvalue weighted by Crippen LogP contribution is 2.24. The molecule has 122 valence electrons. The maximum atomic E-state index is 12.4. The lowest BCUT2D eigenvalue weighted by Crippen LogP contribution is -2.49. The summed E-state index contributed by atoms with van der Waals surface area (Å²) in [7, 11) is 1.79. The Labute approximate surface area is 131 Å². The molecule has 0 aromatic carbocycles. The standard InChI is InChI=1S/C16H26N4O2/c1-11(2)14(16(22)17-13-9-10-20(3)19-13)18-15(21)12-7-5-4-6-8-12/h9-12,14H,4-8H2,1-3H3,(H,18,21)(H,17,19,22). The highest BCUT2D eigenvalue weighted by atomic mass is 16.2. The Hall–Kier alpha value is -1.85. The van der Waals surface area contributed by atoms with Crippen LogP contribution < -0.4 is 10.6 Å². The molecule has 0 bridgehead atoms. The first-order valence-corrected chi connectivity index (χ1v) is 8.08. The molecule has 6 heteroatoms. The molecule has 2 N–H and O–H groups in total. The molecule has 1 fully saturated rings. The number of aromatic nitrogens is 2. The van der Waals surface area contributed by atoms with Gasteiger partial charge in [-0.25, -0.2) is 0 Å². The molecule has 1 aliphatic carbocycles. The highest BCUT2D eigenvalue weighted by molar-refractivity contribution is 5.97. The average molecular weight is 306 g/mol. The fourth-order valence-electron chi connectivity index (χ4n) is 2.86. The summed E-state index contributed by atoms with van der Waals surface area (Å²) in [6.45, 7) is 3.87. The number of anilines is 1. The molecule has 1 atom stereocenters. The van der Waals surface area contributed by atoms with E-state index < -0.39 is 6.04 Å². The van der Waals surface area contributed by atoms with Crippen LogP contribution in [0.4, 0.5) is 5.82 Å². The first kappa shape index (κ1) is 16.5. The summed E-state index contributed by atoms with van der Waals surface area (Å²) < 4.78 is 1.63. The summed E-state index contributed by atoms with van der Waals surface area (Å²) in [4.78, 5) is 24.8. The fraction of sp³-hybridized carbons (Fsp3) is 0.688. The Balaban J connectivity index is 1.96. The number of amides is 2. The molecule has 0 spiro atoms. The maximum absolute atomic E-state index is 12.4. The van der Waals surface area contributed by atoms with E-state index in [0.717, 1.165) is 25.7 Å². The second-order valence-corrected chi connectivity index (χ2v) is 6.43. The number of carbonyl (C=O) groups is 2. The Morgan fingerprint density at radius 3 is 2.50 bits per heavy atom. The van der Waals surface area contributed by atoms with E-state index in [1.165, 1.54) is 6.42 Å². The second kappa shape index (κ2) is 7.42. The first-order chi connectivity index (χ1) is 10.5. The monoisotopic (exact) mass is 306 g/mol. The second-order valence-electron chi connectivity index (χ2n) is 6.43. The minimum Gasteiger partial charge on any atom is -0.344 e. The van der Waals surface area contributed by atoms with Crippen LogP contribution in [-0.2, 0) is 16.6 Å². The van der Waals surface area contributed by atoms with E-state index in [1.54, 1.807) is 24.0 Å². The van der Waals surface area contributed by atoms with Crippen LogP contribution in [0.3, 0.4) is 0 Å². The largest absolute Gasteiger partial charge is 0.344 e. The predicted molar refractivity (Wildman–Crippen MR) is 85.2 cm³/mol. The van der Waals surface area contributed by atoms with Crippen LogP contribution >= 0.6 is 0 Å². The van der Waals surface area contributed by atoms with E-state index in [-0.39, 0.29) is 23.7 Å². The van der Waals surface area contributed by atoms with Crippen LogP contribution in [0, 0.1) is 11.8 Å². The van der Waals surface area contributed by atoms with Gasteiger partial charge < -0.3 is 10.6 Å². The van der Waals surface area contributed by atoms with Crippen molar-refractivity contribution in [2.75, 3.05) is 5.32 Å². The number of hydrogen-bond acceptors (Lipinski definition) is 3. The van der Waals surface area contributed by atoms with Crippen molar-refractivity contribution in [3.63, 3.8) is 0 Å². The van der Waals surface area contributed by atoms with Crippen LogP contribution in [0.1, 0.15) is 46.0 Å². The zero-order valence-corrected chi connectivity index (χ0v) is 13.6. The van der Waals surface area contributed by atoms with E-state index in [9.17, 15) is 9.59 Å². The van der Waals surface area contributed by atoms with Crippen molar-refractivity contribution in [1.82, 2.24) is 15.1 Å². The van der Waals surface area contributed by atoms with E-state index in [2.05, 4.69) is 15.7 Å². The maximum Gasteiger partial charge on any atom is 0.248 e. The van der Waals surface area contributed by atoms with Crippen molar-refractivity contribution in [1.29, 1.82) is 0 Å². The van der Waals surface area contributed by atoms with Gasteiger partial charge in [0.1, 0.15) is 6.04 Å². The van der Waals surface area contributed by atoms with Crippen molar-refractivity contribution >= 4 is 17.6 Å². The van der Waals surface area contributed by atoms with Crippen LogP contribution in [0.15, 0.2) is 12.3 Å². The number of nitrogens with one attached hydrogen (secondary N) is 2. The Morgan fingerprint density at radius 1 is 1.27 bits per heavy atom. The molecule has 1 aliphatic rings. The number of carbonyl (C=O) groups excluding carboxylic acids is 2. The normalized spacial score (nSPS) is 17.3. The van der Waals surface area contributed by atoms with Crippen LogP contribution in [-0.4, -0.2) is 27.6 Å². The number of hydrogen-bond donors (Lipinski definition) is 2. The first-order valence-electron chi connectivity index (χ1n) is 8.08. The third-order valence-corrected chi connectivity index (χ3v) is 4.19. The summed E-state index contributed by atoms with van der Waals surface area (Å²) in [5, 5.41) is 9.83. The highest BCUT2D eigenvalue weighted by Gasteiger charge is 2.28. The van der Waals surface area contributed by atoms with Gasteiger partial charge in [-0.15, -0.1) is 0 Å². The fourth-order valence-corrected chi connectivity index (χ4v) is 2.86. The summed E-state index contributed by atoms with van der Waals surface area (Å²) >= 11 is 0. The molecule has 1 aromatic rings. The molecule has 1 unspecified atom stereocenters. The molecule has 1 aromatic heterocycles. The smallest absolute Gasteiger partial charge is 0.248 e. The predicted octanol–water partition coefficient (Wildman–Crippen LogP) is 2.08. The van der Waals surface area contributed by atoms with Gasteiger partial charge in [-0.2, -0.15) is 5.10 Å². The lowest BCUT2D eigenvalue weighted by molar-refractivity contribution is -0.130. The molecular formula is C16H26N4O2. The van der Waals surface area contributed by atoms with Gasteiger partial charge in [0, 0.05) is 25.2 Å². The van der Waals surface area contributed by atoms with Crippen LogP contribution in [0.2, 0.25) is 0 Å². The van der Waals surface area contributed by atoms with Gasteiger partial charge in [-0.1, -0.05) is 33.1 Å². The quantitative estimate of drug-likeness (QED) is 0.874. The molecular weight excluding hydrogens is 280 g/mol. The Morgan fingerprint density at radius 2 is 1.95 bits per heavy atom. The molecule has 1 heterocycles. The minimum atomic E-state index is -0.531. The molecule has 1 saturated carbocycles. The van der Waals surface area contributed by atoms with Gasteiger partial charge in [0.05, 0.1) is 0 Å². The molecule has 0 aliphatic heterocycles. The summed E-state index contributed by atoms with van der Waals surface area (Å²) in [6, 6.07) is 1.20. The topological polar surface area (TPSA) is 76.0 Å². The summed E-state index contributed by atoms with van der Waals surface area (Å²) in [5.41, 5.74) is 0. The van der Waals surface area contributed by atoms with Crippen molar-refractivity contribution in [3.05, 3.63) is 12.3 Å². The average Bonchev–Trinajstić information content (AvgIpc) is 2.90. The SMILES string of the molecule is CC(C)C(NC(=O)C1CCCCC1)C(=O)Nc1ccn(C)n1. The molecule has 0 saturated heterocycles. The van der Waals surface area contributed by atoms with Crippen molar-refractivity contribution in [2.24, 2.45) is 18.9 Å². The zero-order valence-electron chi connectivity index (χ0n) is 13.6. The lowest BCUT2D eigenvalue weighted by Gasteiger charge is -2.26. The molecule has 0 radical (unpaired) electrons. The van der Waals surface area contributed by atoms with Gasteiger partial charge in [-0.3, -0.25) is 14.3 Å². The van der Waals surface area contributed by atoms with Gasteiger partial charge in [0.2, 0.25) is 11.8 Å². The molecule has 2 rings (SSSR count). The zero-order chi connectivity index (χ0) is 16.1. The van der Waals surface area contributed by atoms with Crippen LogP contribution in [0.5, 0.6) is 0 Å². The van der Waals surface area contributed by atoms with Crippen LogP contribution in [0.25, 0.3) is 0 Å². The molecule has 22 heavy (non-hydrogen) atoms. The van der Waals surface area contributed by atoms with Gasteiger partial charge in [0.15, 0.2) is 5.82 Å². The van der Waals surface area contributed by atoms with Crippen molar-refractivity contribution < 1.29 is 9.59 Å². The molecule has 6 nitrogen and oxygen atoms in total. The van der Waals surface area contributed by atoms with E-state index in [4.69, 9.17) is 0 Å². The summed E-state index contributed by atoms with van der Waals surface area (Å²) in [6.07, 6.45) is 7.03. The Bertz CT molecular complexity index is 518. The van der Waals surface area contributed by atoms with Gasteiger partial charge >= 0.3 is 0 Å².